The number of thioether (sulfide) groups is 1. The van der Waals surface area contributed by atoms with Crippen LogP contribution in [0.4, 0.5) is 5.13 Å². The number of benzene rings is 1. The van der Waals surface area contributed by atoms with Crippen LogP contribution in [0.1, 0.15) is 0 Å². The number of carbonyl (C=O) groups is 1. The Morgan fingerprint density at radius 3 is 2.92 bits per heavy atom. The van der Waals surface area contributed by atoms with Crippen LogP contribution < -0.4 is 10.9 Å². The van der Waals surface area contributed by atoms with Crippen molar-refractivity contribution in [2.45, 2.75) is 5.16 Å². The zero-order valence-corrected chi connectivity index (χ0v) is 15.5. The molecule has 1 amide bonds. The molecule has 0 bridgehead atoms. The van der Waals surface area contributed by atoms with Gasteiger partial charge in [-0.25, -0.2) is 9.97 Å². The number of rotatable bonds is 4. The maximum atomic E-state index is 12.3. The molecule has 0 saturated heterocycles. The van der Waals surface area contributed by atoms with Crippen LogP contribution in [0, 0.1) is 0 Å². The third kappa shape index (κ3) is 3.17. The third-order valence-corrected chi connectivity index (χ3v) is 6.39. The summed E-state index contributed by atoms with van der Waals surface area (Å²) in [5.74, 6) is -0.0185. The first-order valence-corrected chi connectivity index (χ1v) is 10.0. The number of anilines is 1. The summed E-state index contributed by atoms with van der Waals surface area (Å²) in [5, 5.41) is 5.74. The molecule has 9 heteroatoms. The van der Waals surface area contributed by atoms with Gasteiger partial charge in [0.15, 0.2) is 10.3 Å². The maximum Gasteiger partial charge on any atom is 0.271 e. The van der Waals surface area contributed by atoms with Crippen LogP contribution in [0.2, 0.25) is 0 Å². The average Bonchev–Trinajstić information content (AvgIpc) is 3.22. The first-order valence-electron chi connectivity index (χ1n) is 7.34. The van der Waals surface area contributed by atoms with Crippen LogP contribution in [-0.4, -0.2) is 26.2 Å². The van der Waals surface area contributed by atoms with E-state index in [0.29, 0.717) is 20.5 Å². The van der Waals surface area contributed by atoms with Crippen molar-refractivity contribution in [3.05, 3.63) is 46.1 Å². The molecule has 0 spiro atoms. The minimum atomic E-state index is -0.177. The lowest BCUT2D eigenvalue weighted by Crippen LogP contribution is -2.20. The van der Waals surface area contributed by atoms with E-state index in [0.717, 1.165) is 10.2 Å². The van der Waals surface area contributed by atoms with E-state index in [9.17, 15) is 9.59 Å². The van der Waals surface area contributed by atoms with Crippen molar-refractivity contribution in [1.29, 1.82) is 0 Å². The zero-order chi connectivity index (χ0) is 17.4. The molecule has 6 nitrogen and oxygen atoms in total. The SMILES string of the molecule is Cn1c(SCC(=O)Nc2nc3ccccc3s2)nc2ccsc2c1=O. The summed E-state index contributed by atoms with van der Waals surface area (Å²) >= 11 is 4.04. The highest BCUT2D eigenvalue weighted by Gasteiger charge is 2.13. The third-order valence-electron chi connectivity index (χ3n) is 3.52. The van der Waals surface area contributed by atoms with Gasteiger partial charge in [-0.15, -0.1) is 11.3 Å². The normalized spacial score (nSPS) is 11.2. The van der Waals surface area contributed by atoms with E-state index in [1.807, 2.05) is 35.7 Å². The quantitative estimate of drug-likeness (QED) is 0.429. The lowest BCUT2D eigenvalue weighted by Gasteiger charge is -2.06. The van der Waals surface area contributed by atoms with Crippen molar-refractivity contribution in [3.63, 3.8) is 0 Å². The Morgan fingerprint density at radius 2 is 2.08 bits per heavy atom. The standard InChI is InChI=1S/C16H12N4O2S3/c1-20-14(22)13-10(6-7-23-13)18-16(20)24-8-12(21)19-15-17-9-4-2-3-5-11(9)25-15/h2-7H,8H2,1H3,(H,17,19,21). The Kier molecular flexibility index (Phi) is 4.28. The number of hydrogen-bond donors (Lipinski definition) is 1. The molecular weight excluding hydrogens is 376 g/mol. The molecule has 0 atom stereocenters. The summed E-state index contributed by atoms with van der Waals surface area (Å²) in [4.78, 5) is 33.3. The molecule has 1 N–H and O–H groups in total. The van der Waals surface area contributed by atoms with Crippen LogP contribution in [0.15, 0.2) is 45.7 Å². The Balaban J connectivity index is 1.48. The summed E-state index contributed by atoms with van der Waals surface area (Å²) < 4.78 is 3.14. The minimum absolute atomic E-state index is 0.0888. The molecule has 0 fully saturated rings. The predicted molar refractivity (Wildman–Crippen MR) is 104 cm³/mol. The number of carbonyl (C=O) groups excluding carboxylic acids is 1. The van der Waals surface area contributed by atoms with Crippen molar-refractivity contribution >= 4 is 65.9 Å². The van der Waals surface area contributed by atoms with Crippen LogP contribution >= 0.6 is 34.4 Å². The van der Waals surface area contributed by atoms with Crippen LogP contribution in [0.25, 0.3) is 20.4 Å². The summed E-state index contributed by atoms with van der Waals surface area (Å²) in [5.41, 5.74) is 1.44. The fourth-order valence-electron chi connectivity index (χ4n) is 2.31. The molecular formula is C16H12N4O2S3. The highest BCUT2D eigenvalue weighted by Crippen LogP contribution is 2.26. The lowest BCUT2D eigenvalue weighted by molar-refractivity contribution is -0.113. The molecule has 25 heavy (non-hydrogen) atoms. The number of hydrogen-bond acceptors (Lipinski definition) is 7. The van der Waals surface area contributed by atoms with E-state index in [-0.39, 0.29) is 17.2 Å². The number of fused-ring (bicyclic) bond motifs is 2. The van der Waals surface area contributed by atoms with Gasteiger partial charge in [0.2, 0.25) is 5.91 Å². The molecule has 3 aromatic heterocycles. The van der Waals surface area contributed by atoms with Gasteiger partial charge in [0.05, 0.1) is 21.5 Å². The molecule has 0 saturated carbocycles. The number of aromatic nitrogens is 3. The second-order valence-corrected chi connectivity index (χ2v) is 8.11. The van der Waals surface area contributed by atoms with Crippen LogP contribution in [0.3, 0.4) is 0 Å². The van der Waals surface area contributed by atoms with Gasteiger partial charge in [-0.05, 0) is 23.6 Å². The van der Waals surface area contributed by atoms with Crippen molar-refractivity contribution in [1.82, 2.24) is 14.5 Å². The number of amides is 1. The van der Waals surface area contributed by atoms with E-state index >= 15 is 0 Å². The van der Waals surface area contributed by atoms with Crippen molar-refractivity contribution in [2.24, 2.45) is 7.05 Å². The zero-order valence-electron chi connectivity index (χ0n) is 13.1. The van der Waals surface area contributed by atoms with Crippen molar-refractivity contribution < 1.29 is 4.79 Å². The highest BCUT2D eigenvalue weighted by atomic mass is 32.2. The first kappa shape index (κ1) is 16.2. The molecule has 0 aliphatic carbocycles. The smallest absolute Gasteiger partial charge is 0.271 e. The van der Waals surface area contributed by atoms with Gasteiger partial charge >= 0.3 is 0 Å². The fraction of sp³-hybridized carbons (Fsp3) is 0.125. The van der Waals surface area contributed by atoms with Gasteiger partial charge in [-0.2, -0.15) is 0 Å². The minimum Gasteiger partial charge on any atom is -0.301 e. The first-order chi connectivity index (χ1) is 12.1. The second kappa shape index (κ2) is 6.58. The number of nitrogens with one attached hydrogen (secondary N) is 1. The number of nitrogens with zero attached hydrogens (tertiary/aromatic N) is 3. The van der Waals surface area contributed by atoms with Gasteiger partial charge in [0.25, 0.3) is 5.56 Å². The molecule has 0 aliphatic rings. The molecule has 1 aromatic carbocycles. The molecule has 4 rings (SSSR count). The van der Waals surface area contributed by atoms with Crippen molar-refractivity contribution in [3.8, 4) is 0 Å². The lowest BCUT2D eigenvalue weighted by atomic mass is 10.3. The van der Waals surface area contributed by atoms with E-state index in [2.05, 4.69) is 15.3 Å². The van der Waals surface area contributed by atoms with Gasteiger partial charge in [0, 0.05) is 7.05 Å². The largest absolute Gasteiger partial charge is 0.301 e. The topological polar surface area (TPSA) is 76.9 Å². The summed E-state index contributed by atoms with van der Waals surface area (Å²) in [7, 11) is 1.67. The van der Waals surface area contributed by atoms with E-state index in [4.69, 9.17) is 0 Å². The van der Waals surface area contributed by atoms with Gasteiger partial charge in [0.1, 0.15) is 4.70 Å². The number of thiophene rings is 1. The van der Waals surface area contributed by atoms with Crippen molar-refractivity contribution in [2.75, 3.05) is 11.1 Å². The monoisotopic (exact) mass is 388 g/mol. The Labute approximate surface area is 154 Å². The summed E-state index contributed by atoms with van der Waals surface area (Å²) in [6, 6.07) is 9.54. The van der Waals surface area contributed by atoms with E-state index < -0.39 is 0 Å². The fourth-order valence-corrected chi connectivity index (χ4v) is 4.77. The average molecular weight is 388 g/mol. The molecule has 126 valence electrons. The van der Waals surface area contributed by atoms with E-state index in [1.165, 1.54) is 39.0 Å². The molecule has 0 unspecified atom stereocenters. The number of para-hydroxylation sites is 1. The summed E-state index contributed by atoms with van der Waals surface area (Å²) in [6.45, 7) is 0. The second-order valence-electron chi connectivity index (χ2n) is 5.22. The summed E-state index contributed by atoms with van der Waals surface area (Å²) in [6.07, 6.45) is 0. The van der Waals surface area contributed by atoms with Gasteiger partial charge in [-0.3, -0.25) is 14.2 Å². The van der Waals surface area contributed by atoms with Crippen LogP contribution in [0.5, 0.6) is 0 Å². The molecule has 3 heterocycles. The Hall–Kier alpha value is -2.23. The molecule has 0 aliphatic heterocycles. The van der Waals surface area contributed by atoms with Gasteiger partial charge in [-0.1, -0.05) is 35.2 Å². The predicted octanol–water partition coefficient (Wildman–Crippen LogP) is 3.34. The molecule has 0 radical (unpaired) electrons. The van der Waals surface area contributed by atoms with Crippen LogP contribution in [-0.2, 0) is 11.8 Å². The molecule has 4 aromatic rings. The van der Waals surface area contributed by atoms with E-state index in [1.54, 1.807) is 7.05 Å². The highest BCUT2D eigenvalue weighted by molar-refractivity contribution is 7.99. The Bertz CT molecular complexity index is 1110. The van der Waals surface area contributed by atoms with Gasteiger partial charge < -0.3 is 5.32 Å². The maximum absolute atomic E-state index is 12.3. The Morgan fingerprint density at radius 1 is 1.24 bits per heavy atom. The number of thiazole rings is 1.